The lowest BCUT2D eigenvalue weighted by molar-refractivity contribution is 0.599. The molecule has 0 aliphatic carbocycles. The van der Waals surface area contributed by atoms with Crippen LogP contribution in [0.3, 0.4) is 0 Å². The van der Waals surface area contributed by atoms with E-state index in [9.17, 15) is 8.42 Å². The lowest BCUT2D eigenvalue weighted by atomic mass is 10.1. The summed E-state index contributed by atoms with van der Waals surface area (Å²) in [6, 6.07) is 5.35. The van der Waals surface area contributed by atoms with Gasteiger partial charge in [-0.2, -0.15) is 0 Å². The predicted molar refractivity (Wildman–Crippen MR) is 84.8 cm³/mol. The first-order valence-electron chi connectivity index (χ1n) is 6.54. The molecule has 5 nitrogen and oxygen atoms in total. The van der Waals surface area contributed by atoms with Crippen LogP contribution in [0.15, 0.2) is 29.3 Å². The van der Waals surface area contributed by atoms with Gasteiger partial charge in [0.1, 0.15) is 5.82 Å². The number of pyridine rings is 1. The van der Waals surface area contributed by atoms with E-state index < -0.39 is 10.0 Å². The summed E-state index contributed by atoms with van der Waals surface area (Å²) in [5, 5.41) is 0. The van der Waals surface area contributed by atoms with Crippen LogP contribution in [0, 0.1) is 27.7 Å². The molecule has 1 heterocycles. The minimum Gasteiger partial charge on any atom is -0.398 e. The molecule has 21 heavy (non-hydrogen) atoms. The van der Waals surface area contributed by atoms with Gasteiger partial charge in [-0.3, -0.25) is 4.72 Å². The molecule has 0 atom stereocenters. The first kappa shape index (κ1) is 15.3. The summed E-state index contributed by atoms with van der Waals surface area (Å²) >= 11 is 0. The highest BCUT2D eigenvalue weighted by Gasteiger charge is 2.23. The first-order valence-corrected chi connectivity index (χ1v) is 8.03. The van der Waals surface area contributed by atoms with Crippen molar-refractivity contribution in [2.24, 2.45) is 0 Å². The second-order valence-corrected chi connectivity index (χ2v) is 6.76. The number of aryl methyl sites for hydroxylation is 2. The number of sulfonamides is 1. The Labute approximate surface area is 125 Å². The molecule has 0 aliphatic rings. The van der Waals surface area contributed by atoms with E-state index in [1.165, 1.54) is 0 Å². The van der Waals surface area contributed by atoms with Crippen LogP contribution in [-0.4, -0.2) is 13.4 Å². The Hall–Kier alpha value is -2.08. The summed E-state index contributed by atoms with van der Waals surface area (Å²) in [6.45, 7) is 7.13. The zero-order chi connectivity index (χ0) is 15.8. The van der Waals surface area contributed by atoms with Crippen molar-refractivity contribution < 1.29 is 8.42 Å². The molecule has 1 aromatic carbocycles. The molecule has 0 unspecified atom stereocenters. The van der Waals surface area contributed by atoms with Gasteiger partial charge in [-0.15, -0.1) is 0 Å². The monoisotopic (exact) mass is 305 g/mol. The Morgan fingerprint density at radius 3 is 2.38 bits per heavy atom. The Bertz CT molecular complexity index is 773. The first-order chi connectivity index (χ1) is 9.74. The molecule has 0 bridgehead atoms. The van der Waals surface area contributed by atoms with Gasteiger partial charge < -0.3 is 5.73 Å². The number of nitrogens with zero attached hydrogens (tertiary/aromatic N) is 1. The highest BCUT2D eigenvalue weighted by molar-refractivity contribution is 7.92. The Morgan fingerprint density at radius 1 is 1.10 bits per heavy atom. The molecular formula is C15H19N3O2S. The zero-order valence-electron chi connectivity index (χ0n) is 12.6. The van der Waals surface area contributed by atoms with Crippen LogP contribution < -0.4 is 10.5 Å². The van der Waals surface area contributed by atoms with E-state index in [0.717, 1.165) is 11.1 Å². The lowest BCUT2D eigenvalue weighted by Gasteiger charge is -2.16. The maximum Gasteiger partial charge on any atom is 0.263 e. The highest BCUT2D eigenvalue weighted by Crippen LogP contribution is 2.29. The lowest BCUT2D eigenvalue weighted by Crippen LogP contribution is -2.18. The number of hydrogen-bond acceptors (Lipinski definition) is 4. The molecule has 2 rings (SSSR count). The van der Waals surface area contributed by atoms with Gasteiger partial charge in [-0.25, -0.2) is 13.4 Å². The molecule has 0 saturated heterocycles. The topological polar surface area (TPSA) is 85.1 Å². The zero-order valence-corrected chi connectivity index (χ0v) is 13.4. The van der Waals surface area contributed by atoms with E-state index in [2.05, 4.69) is 9.71 Å². The van der Waals surface area contributed by atoms with Crippen LogP contribution >= 0.6 is 0 Å². The van der Waals surface area contributed by atoms with Gasteiger partial charge in [0, 0.05) is 11.9 Å². The number of nitrogens with two attached hydrogens (primary N) is 1. The van der Waals surface area contributed by atoms with Gasteiger partial charge in [0.15, 0.2) is 0 Å². The highest BCUT2D eigenvalue weighted by atomic mass is 32.2. The third kappa shape index (κ3) is 2.85. The minimum absolute atomic E-state index is 0.227. The van der Waals surface area contributed by atoms with Crippen LogP contribution in [0.2, 0.25) is 0 Å². The molecule has 0 spiro atoms. The van der Waals surface area contributed by atoms with Crippen molar-refractivity contribution in [3.8, 4) is 0 Å². The largest absolute Gasteiger partial charge is 0.398 e. The minimum atomic E-state index is -3.73. The molecule has 0 fully saturated rings. The Kier molecular flexibility index (Phi) is 3.91. The van der Waals surface area contributed by atoms with Gasteiger partial charge in [-0.05, 0) is 62.1 Å². The van der Waals surface area contributed by atoms with E-state index in [4.69, 9.17) is 5.73 Å². The van der Waals surface area contributed by atoms with Crippen LogP contribution in [0.25, 0.3) is 0 Å². The molecule has 0 saturated carbocycles. The molecule has 1 aromatic heterocycles. The van der Waals surface area contributed by atoms with E-state index in [0.29, 0.717) is 22.6 Å². The average Bonchev–Trinajstić information content (AvgIpc) is 2.39. The maximum atomic E-state index is 12.7. The van der Waals surface area contributed by atoms with Crippen molar-refractivity contribution in [2.45, 2.75) is 32.6 Å². The van der Waals surface area contributed by atoms with Gasteiger partial charge in [0.2, 0.25) is 0 Å². The maximum absolute atomic E-state index is 12.7. The standard InChI is InChI=1S/C15H19N3O2S/c1-9-6-5-7-17-15(9)18-21(19,20)14-11(3)10(2)8-13(16)12(14)4/h5-8H,16H2,1-4H3,(H,17,18). The molecule has 0 aliphatic heterocycles. The van der Waals surface area contributed by atoms with Crippen molar-refractivity contribution in [1.29, 1.82) is 0 Å². The third-order valence-electron chi connectivity index (χ3n) is 3.59. The molecule has 0 amide bonds. The number of hydrogen-bond donors (Lipinski definition) is 2. The number of nitrogens with one attached hydrogen (secondary N) is 1. The summed E-state index contributed by atoms with van der Waals surface area (Å²) in [5.74, 6) is 0.330. The summed E-state index contributed by atoms with van der Waals surface area (Å²) < 4.78 is 27.9. The van der Waals surface area contributed by atoms with Crippen molar-refractivity contribution in [2.75, 3.05) is 10.5 Å². The molecule has 3 N–H and O–H groups in total. The smallest absolute Gasteiger partial charge is 0.263 e. The fourth-order valence-electron chi connectivity index (χ4n) is 2.22. The second-order valence-electron chi connectivity index (χ2n) is 5.14. The number of aromatic nitrogens is 1. The third-order valence-corrected chi connectivity index (χ3v) is 5.20. The number of rotatable bonds is 3. The number of anilines is 2. The molecule has 2 aromatic rings. The van der Waals surface area contributed by atoms with E-state index in [1.807, 2.05) is 6.92 Å². The molecular weight excluding hydrogens is 286 g/mol. The second kappa shape index (κ2) is 5.37. The summed E-state index contributed by atoms with van der Waals surface area (Å²) in [5.41, 5.74) is 9.23. The van der Waals surface area contributed by atoms with Gasteiger partial charge in [-0.1, -0.05) is 6.07 Å². The Balaban J connectivity index is 2.58. The van der Waals surface area contributed by atoms with Gasteiger partial charge in [0.05, 0.1) is 4.90 Å². The van der Waals surface area contributed by atoms with Crippen LogP contribution in [0.1, 0.15) is 22.3 Å². The summed E-state index contributed by atoms with van der Waals surface area (Å²) in [6.07, 6.45) is 1.55. The molecule has 0 radical (unpaired) electrons. The van der Waals surface area contributed by atoms with Gasteiger partial charge >= 0.3 is 0 Å². The molecule has 6 heteroatoms. The fourth-order valence-corrected chi connectivity index (χ4v) is 3.87. The van der Waals surface area contributed by atoms with E-state index >= 15 is 0 Å². The summed E-state index contributed by atoms with van der Waals surface area (Å²) in [7, 11) is -3.73. The van der Waals surface area contributed by atoms with Crippen molar-refractivity contribution in [3.05, 3.63) is 46.6 Å². The van der Waals surface area contributed by atoms with E-state index in [-0.39, 0.29) is 4.90 Å². The average molecular weight is 305 g/mol. The fraction of sp³-hybridized carbons (Fsp3) is 0.267. The summed E-state index contributed by atoms with van der Waals surface area (Å²) in [4.78, 5) is 4.30. The molecule has 112 valence electrons. The van der Waals surface area contributed by atoms with Gasteiger partial charge in [0.25, 0.3) is 10.0 Å². The normalized spacial score (nSPS) is 11.4. The van der Waals surface area contributed by atoms with Crippen LogP contribution in [0.4, 0.5) is 11.5 Å². The van der Waals surface area contributed by atoms with Crippen molar-refractivity contribution in [3.63, 3.8) is 0 Å². The van der Waals surface area contributed by atoms with Crippen LogP contribution in [-0.2, 0) is 10.0 Å². The van der Waals surface area contributed by atoms with E-state index in [1.54, 1.807) is 45.2 Å². The predicted octanol–water partition coefficient (Wildman–Crippen LogP) is 2.70. The van der Waals surface area contributed by atoms with Crippen LogP contribution in [0.5, 0.6) is 0 Å². The van der Waals surface area contributed by atoms with Crippen molar-refractivity contribution >= 4 is 21.5 Å². The quantitative estimate of drug-likeness (QED) is 0.854. The number of nitrogen functional groups attached to an aromatic ring is 1. The van der Waals surface area contributed by atoms with Crippen molar-refractivity contribution in [1.82, 2.24) is 4.98 Å². The Morgan fingerprint density at radius 2 is 1.76 bits per heavy atom. The SMILES string of the molecule is Cc1cccnc1NS(=O)(=O)c1c(C)c(C)cc(N)c1C. The number of benzene rings is 1.